The Morgan fingerprint density at radius 1 is 0.683 bits per heavy atom. The van der Waals surface area contributed by atoms with Crippen molar-refractivity contribution in [1.82, 2.24) is 4.57 Å². The summed E-state index contributed by atoms with van der Waals surface area (Å²) in [6, 6.07) is 51.4. The van der Waals surface area contributed by atoms with Gasteiger partial charge in [0.25, 0.3) is 0 Å². The molecule has 1 radical (unpaired) electrons. The van der Waals surface area contributed by atoms with Gasteiger partial charge in [0.15, 0.2) is 7.28 Å². The molecule has 0 saturated heterocycles. The Bertz CT molecular complexity index is 2630. The van der Waals surface area contributed by atoms with Crippen molar-refractivity contribution in [3.63, 3.8) is 0 Å². The van der Waals surface area contributed by atoms with Crippen LogP contribution in [0.1, 0.15) is 106 Å². The summed E-state index contributed by atoms with van der Waals surface area (Å²) in [6.07, 6.45) is 15.7. The zero-order valence-electron chi connectivity index (χ0n) is 36.9. The molecule has 0 aliphatic carbocycles. The molecule has 0 spiro atoms. The van der Waals surface area contributed by atoms with Crippen molar-refractivity contribution >= 4 is 45.7 Å². The molecule has 2 unspecified atom stereocenters. The number of nitrogens with zero attached hydrogens (tertiary/aromatic N) is 1. The minimum atomic E-state index is 0.484. The van der Waals surface area contributed by atoms with Crippen molar-refractivity contribution in [3.8, 4) is 11.1 Å². The number of rotatable bonds is 16. The molecule has 0 fully saturated rings. The van der Waals surface area contributed by atoms with Crippen molar-refractivity contribution in [3.05, 3.63) is 209 Å². The smallest absolute Gasteiger partial charge is 0.186 e. The van der Waals surface area contributed by atoms with Gasteiger partial charge in [-0.25, -0.2) is 0 Å². The molecule has 0 aliphatic heterocycles. The first-order valence-corrected chi connectivity index (χ1v) is 22.2. The summed E-state index contributed by atoms with van der Waals surface area (Å²) in [5.41, 5.74) is 18.3. The van der Waals surface area contributed by atoms with Crippen molar-refractivity contribution in [2.24, 2.45) is 0 Å². The summed E-state index contributed by atoms with van der Waals surface area (Å²) in [5, 5.41) is 2.82. The SMILES string of the molecule is C/C=C(\C=C/C/C=C(\C=C(\C)[B]c1c(C)cc(-c2ccc(C(CC)CCC(C)c3cccc4c3c3ccccc3n4CC)cc2)cc1C)c1ccccc1)c1ccccc1. The van der Waals surface area contributed by atoms with E-state index in [2.05, 4.69) is 230 Å². The van der Waals surface area contributed by atoms with Gasteiger partial charge < -0.3 is 4.57 Å². The Kier molecular flexibility index (Phi) is 14.0. The largest absolute Gasteiger partial charge is 0.341 e. The van der Waals surface area contributed by atoms with E-state index in [0.717, 1.165) is 19.4 Å². The molecule has 0 saturated carbocycles. The molecule has 0 N–H and O–H groups in total. The maximum absolute atomic E-state index is 2.47. The van der Waals surface area contributed by atoms with Gasteiger partial charge in [-0.15, -0.1) is 5.47 Å². The standard InChI is InChI=1S/C58H61BN/c1-8-45(47-23-13-11-14-24-47)22-17-18-27-51(48-25-15-12-16-26-48)40-44(7)59-58-42(5)38-52(39-43(58)6)50-36-34-49(35-37-50)46(9-2)33-32-41(4)53-29-21-31-56-57(53)54-28-19-20-30-55(54)60(56)10-3/h8,11-17,19-31,34-41,46H,9-10,18,32-33H2,1-7H3/b22-17-,44-40-,45-8+,51-27+. The van der Waals surface area contributed by atoms with Crippen molar-refractivity contribution in [2.45, 2.75) is 92.5 Å². The monoisotopic (exact) mass is 782 g/mol. The van der Waals surface area contributed by atoms with Crippen LogP contribution in [0.4, 0.5) is 0 Å². The Morgan fingerprint density at radius 2 is 1.32 bits per heavy atom. The van der Waals surface area contributed by atoms with Gasteiger partial charge >= 0.3 is 0 Å². The summed E-state index contributed by atoms with van der Waals surface area (Å²) in [4.78, 5) is 0. The fourth-order valence-electron chi connectivity index (χ4n) is 9.19. The molecule has 7 aromatic rings. The molecular weight excluding hydrogens is 721 g/mol. The van der Waals surface area contributed by atoms with Gasteiger partial charge in [-0.1, -0.05) is 195 Å². The third-order valence-corrected chi connectivity index (χ3v) is 12.5. The fourth-order valence-corrected chi connectivity index (χ4v) is 9.19. The van der Waals surface area contributed by atoms with E-state index in [1.165, 1.54) is 101 Å². The predicted octanol–water partition coefficient (Wildman–Crippen LogP) is 15.5. The average molecular weight is 783 g/mol. The summed E-state index contributed by atoms with van der Waals surface area (Å²) < 4.78 is 2.47. The summed E-state index contributed by atoms with van der Waals surface area (Å²) in [7, 11) is 2.35. The first-order chi connectivity index (χ1) is 29.3. The Morgan fingerprint density at radius 3 is 1.97 bits per heavy atom. The minimum absolute atomic E-state index is 0.484. The third kappa shape index (κ3) is 9.61. The number of allylic oxidation sites excluding steroid dienone is 8. The van der Waals surface area contributed by atoms with Gasteiger partial charge in [-0.2, -0.15) is 0 Å². The van der Waals surface area contributed by atoms with Crippen LogP contribution in [0.15, 0.2) is 175 Å². The van der Waals surface area contributed by atoms with E-state index in [0.29, 0.717) is 11.8 Å². The van der Waals surface area contributed by atoms with E-state index in [-0.39, 0.29) is 0 Å². The summed E-state index contributed by atoms with van der Waals surface area (Å²) in [6.45, 7) is 16.8. The van der Waals surface area contributed by atoms with Crippen LogP contribution in [0.2, 0.25) is 0 Å². The minimum Gasteiger partial charge on any atom is -0.341 e. The zero-order valence-corrected chi connectivity index (χ0v) is 36.9. The quantitative estimate of drug-likeness (QED) is 0.0680. The van der Waals surface area contributed by atoms with E-state index in [1.54, 1.807) is 0 Å². The van der Waals surface area contributed by atoms with Crippen molar-refractivity contribution < 1.29 is 0 Å². The van der Waals surface area contributed by atoms with Crippen LogP contribution in [-0.2, 0) is 6.54 Å². The molecule has 60 heavy (non-hydrogen) atoms. The number of aryl methyl sites for hydroxylation is 3. The molecule has 7 rings (SSSR count). The highest BCUT2D eigenvalue weighted by molar-refractivity contribution is 6.62. The lowest BCUT2D eigenvalue weighted by molar-refractivity contribution is 0.537. The molecule has 0 aliphatic rings. The highest BCUT2D eigenvalue weighted by atomic mass is 15.0. The maximum Gasteiger partial charge on any atom is 0.186 e. The Labute approximate surface area is 361 Å². The van der Waals surface area contributed by atoms with Crippen LogP contribution in [-0.4, -0.2) is 11.8 Å². The van der Waals surface area contributed by atoms with Crippen LogP contribution >= 0.6 is 0 Å². The molecule has 0 bridgehead atoms. The fraction of sp³-hybridized carbons (Fsp3) is 0.241. The molecule has 6 aromatic carbocycles. The van der Waals surface area contributed by atoms with Gasteiger partial charge in [0.2, 0.25) is 0 Å². The van der Waals surface area contributed by atoms with Crippen molar-refractivity contribution in [2.75, 3.05) is 0 Å². The van der Waals surface area contributed by atoms with Crippen molar-refractivity contribution in [1.29, 1.82) is 0 Å². The van der Waals surface area contributed by atoms with Gasteiger partial charge in [-0.3, -0.25) is 0 Å². The predicted molar refractivity (Wildman–Crippen MR) is 265 cm³/mol. The molecule has 2 heteroatoms. The first-order valence-electron chi connectivity index (χ1n) is 22.2. The molecule has 1 nitrogen and oxygen atoms in total. The van der Waals surface area contributed by atoms with Gasteiger partial charge in [0.05, 0.1) is 0 Å². The summed E-state index contributed by atoms with van der Waals surface area (Å²) in [5.74, 6) is 1.02. The van der Waals surface area contributed by atoms with Gasteiger partial charge in [0, 0.05) is 28.4 Å². The van der Waals surface area contributed by atoms with Crippen LogP contribution in [0, 0.1) is 13.8 Å². The highest BCUT2D eigenvalue weighted by Crippen LogP contribution is 2.38. The molecule has 2 atom stereocenters. The van der Waals surface area contributed by atoms with E-state index < -0.39 is 0 Å². The lowest BCUT2D eigenvalue weighted by atomic mass is 9.60. The second kappa shape index (κ2) is 19.9. The molecule has 301 valence electrons. The second-order valence-electron chi connectivity index (χ2n) is 16.5. The van der Waals surface area contributed by atoms with Crippen LogP contribution in [0.5, 0.6) is 0 Å². The number of fused-ring (bicyclic) bond motifs is 3. The second-order valence-corrected chi connectivity index (χ2v) is 16.5. The summed E-state index contributed by atoms with van der Waals surface area (Å²) >= 11 is 0. The van der Waals surface area contributed by atoms with E-state index in [4.69, 9.17) is 0 Å². The number of hydrogen-bond acceptors (Lipinski definition) is 0. The third-order valence-electron chi connectivity index (χ3n) is 12.5. The first kappa shape index (κ1) is 42.3. The number of hydrogen-bond donors (Lipinski definition) is 0. The highest BCUT2D eigenvalue weighted by Gasteiger charge is 2.19. The Hall–Kier alpha value is -5.86. The van der Waals surface area contributed by atoms with E-state index in [9.17, 15) is 0 Å². The zero-order chi connectivity index (χ0) is 42.0. The van der Waals surface area contributed by atoms with E-state index >= 15 is 0 Å². The lowest BCUT2D eigenvalue weighted by Gasteiger charge is -2.20. The van der Waals surface area contributed by atoms with Gasteiger partial charge in [0.1, 0.15) is 0 Å². The molecule has 0 amide bonds. The van der Waals surface area contributed by atoms with E-state index in [1.807, 2.05) is 0 Å². The number of benzene rings is 6. The van der Waals surface area contributed by atoms with Gasteiger partial charge in [-0.05, 0) is 122 Å². The normalized spacial score (nSPS) is 13.7. The van der Waals surface area contributed by atoms with Crippen LogP contribution in [0.3, 0.4) is 0 Å². The van der Waals surface area contributed by atoms with Crippen LogP contribution in [0.25, 0.3) is 44.1 Å². The molecular formula is C58H61BN. The topological polar surface area (TPSA) is 4.93 Å². The Balaban J connectivity index is 1.03. The number of para-hydroxylation sites is 1. The lowest BCUT2D eigenvalue weighted by Crippen LogP contribution is -2.22. The molecule has 1 aromatic heterocycles. The average Bonchev–Trinajstić information content (AvgIpc) is 3.62. The maximum atomic E-state index is 2.47. The van der Waals surface area contributed by atoms with Crippen LogP contribution < -0.4 is 5.46 Å². The molecule has 1 heterocycles. The number of aromatic nitrogens is 1.